The first-order valence-electron chi connectivity index (χ1n) is 6.95. The van der Waals surface area contributed by atoms with Crippen LogP contribution in [0.2, 0.25) is 0 Å². The maximum Gasteiger partial charge on any atom is 0.0820 e. The summed E-state index contributed by atoms with van der Waals surface area (Å²) < 4.78 is 0. The van der Waals surface area contributed by atoms with Crippen molar-refractivity contribution in [3.63, 3.8) is 0 Å². The van der Waals surface area contributed by atoms with Crippen LogP contribution in [0.1, 0.15) is 24.8 Å². The predicted octanol–water partition coefficient (Wildman–Crippen LogP) is 2.25. The lowest BCUT2D eigenvalue weighted by Crippen LogP contribution is -2.46. The third-order valence-corrected chi connectivity index (χ3v) is 3.70. The molecule has 0 radical (unpaired) electrons. The molecule has 1 aliphatic rings. The van der Waals surface area contributed by atoms with Gasteiger partial charge in [0.2, 0.25) is 0 Å². The number of hydrogen-bond donors (Lipinski definition) is 2. The number of nitrogens with zero attached hydrogens (tertiary/aromatic N) is 1. The average molecular weight is 321 g/mol. The molecule has 0 amide bonds. The molecule has 1 aliphatic heterocycles. The summed E-state index contributed by atoms with van der Waals surface area (Å²) in [6, 6.07) is 9.98. The van der Waals surface area contributed by atoms with Gasteiger partial charge in [-0.3, -0.25) is 0 Å². The monoisotopic (exact) mass is 320 g/mol. The topological polar surface area (TPSA) is 49.5 Å². The van der Waals surface area contributed by atoms with Crippen molar-refractivity contribution in [2.24, 2.45) is 5.73 Å². The molecular weight excluding hydrogens is 295 g/mol. The first-order chi connectivity index (χ1) is 8.75. The molecule has 5 heteroatoms. The van der Waals surface area contributed by atoms with Gasteiger partial charge in [-0.2, -0.15) is 0 Å². The highest BCUT2D eigenvalue weighted by molar-refractivity contribution is 5.85. The number of halogens is 2. The van der Waals surface area contributed by atoms with E-state index in [-0.39, 0.29) is 30.9 Å². The SMILES string of the molecule is Cl.Cl.N[C@H](Cc1ccccc1)[C@@H](O)CN1CCCCC1. The summed E-state index contributed by atoms with van der Waals surface area (Å²) in [5.41, 5.74) is 7.29. The molecule has 3 nitrogen and oxygen atoms in total. The second-order valence-corrected chi connectivity index (χ2v) is 5.28. The molecule has 1 aromatic carbocycles. The summed E-state index contributed by atoms with van der Waals surface area (Å²) in [4.78, 5) is 2.33. The highest BCUT2D eigenvalue weighted by Crippen LogP contribution is 2.11. The summed E-state index contributed by atoms with van der Waals surface area (Å²) in [5, 5.41) is 10.2. The Morgan fingerprint density at radius 1 is 1.05 bits per heavy atom. The van der Waals surface area contributed by atoms with E-state index in [9.17, 15) is 5.11 Å². The Labute approximate surface area is 134 Å². The van der Waals surface area contributed by atoms with E-state index < -0.39 is 6.10 Å². The average Bonchev–Trinajstić information content (AvgIpc) is 2.41. The quantitative estimate of drug-likeness (QED) is 0.874. The van der Waals surface area contributed by atoms with Gasteiger partial charge in [0.1, 0.15) is 0 Å². The third kappa shape index (κ3) is 6.42. The Morgan fingerprint density at radius 2 is 1.65 bits per heavy atom. The fraction of sp³-hybridized carbons (Fsp3) is 0.600. The Hall–Kier alpha value is -0.320. The minimum atomic E-state index is -0.427. The fourth-order valence-corrected chi connectivity index (χ4v) is 2.56. The van der Waals surface area contributed by atoms with E-state index in [0.29, 0.717) is 6.54 Å². The van der Waals surface area contributed by atoms with E-state index in [0.717, 1.165) is 19.5 Å². The van der Waals surface area contributed by atoms with Crippen LogP contribution in [0.15, 0.2) is 30.3 Å². The first kappa shape index (κ1) is 19.7. The van der Waals surface area contributed by atoms with Crippen molar-refractivity contribution in [3.05, 3.63) is 35.9 Å². The van der Waals surface area contributed by atoms with Gasteiger partial charge < -0.3 is 15.7 Å². The summed E-state index contributed by atoms with van der Waals surface area (Å²) in [6.07, 6.45) is 4.14. The van der Waals surface area contributed by atoms with E-state index in [1.54, 1.807) is 0 Å². The van der Waals surface area contributed by atoms with Crippen LogP contribution in [0.4, 0.5) is 0 Å². The molecule has 1 fully saturated rings. The number of aliphatic hydroxyl groups excluding tert-OH is 1. The normalized spacial score (nSPS) is 18.5. The molecule has 0 aliphatic carbocycles. The molecule has 2 atom stereocenters. The Kier molecular flexibility index (Phi) is 10.2. The molecule has 20 heavy (non-hydrogen) atoms. The van der Waals surface area contributed by atoms with Gasteiger partial charge >= 0.3 is 0 Å². The maximum absolute atomic E-state index is 10.2. The second-order valence-electron chi connectivity index (χ2n) is 5.28. The van der Waals surface area contributed by atoms with Crippen LogP contribution in [0.25, 0.3) is 0 Å². The highest BCUT2D eigenvalue weighted by atomic mass is 35.5. The number of benzene rings is 1. The molecule has 0 bridgehead atoms. The number of hydrogen-bond acceptors (Lipinski definition) is 3. The van der Waals surface area contributed by atoms with Crippen LogP contribution in [0.3, 0.4) is 0 Å². The molecule has 0 spiro atoms. The third-order valence-electron chi connectivity index (χ3n) is 3.70. The van der Waals surface area contributed by atoms with Crippen molar-refractivity contribution in [1.82, 2.24) is 4.90 Å². The number of nitrogens with two attached hydrogens (primary N) is 1. The lowest BCUT2D eigenvalue weighted by atomic mass is 10.0. The summed E-state index contributed by atoms with van der Waals surface area (Å²) in [7, 11) is 0. The van der Waals surface area contributed by atoms with Crippen molar-refractivity contribution in [1.29, 1.82) is 0 Å². The molecule has 1 heterocycles. The van der Waals surface area contributed by atoms with Crippen LogP contribution in [-0.2, 0) is 6.42 Å². The van der Waals surface area contributed by atoms with Crippen LogP contribution in [0.5, 0.6) is 0 Å². The molecule has 0 aromatic heterocycles. The van der Waals surface area contributed by atoms with Crippen LogP contribution < -0.4 is 5.73 Å². The highest BCUT2D eigenvalue weighted by Gasteiger charge is 2.19. The minimum absolute atomic E-state index is 0. The van der Waals surface area contributed by atoms with Crippen molar-refractivity contribution in [2.75, 3.05) is 19.6 Å². The largest absolute Gasteiger partial charge is 0.390 e. The van der Waals surface area contributed by atoms with Gasteiger partial charge in [-0.1, -0.05) is 36.8 Å². The van der Waals surface area contributed by atoms with E-state index in [1.165, 1.54) is 24.8 Å². The number of rotatable bonds is 5. The number of aliphatic hydroxyl groups is 1. The molecular formula is C15H26Cl2N2O. The van der Waals surface area contributed by atoms with Gasteiger partial charge in [0.05, 0.1) is 6.10 Å². The van der Waals surface area contributed by atoms with E-state index in [2.05, 4.69) is 17.0 Å². The number of β-amino-alcohol motifs (C(OH)–C–C–N with tert-alkyl or cyclic N) is 1. The van der Waals surface area contributed by atoms with Gasteiger partial charge in [0.15, 0.2) is 0 Å². The van der Waals surface area contributed by atoms with Crippen LogP contribution in [-0.4, -0.2) is 41.8 Å². The first-order valence-corrected chi connectivity index (χ1v) is 6.95. The van der Waals surface area contributed by atoms with Gasteiger partial charge in [0.25, 0.3) is 0 Å². The lowest BCUT2D eigenvalue weighted by molar-refractivity contribution is 0.0818. The minimum Gasteiger partial charge on any atom is -0.390 e. The summed E-state index contributed by atoms with van der Waals surface area (Å²) in [6.45, 7) is 2.93. The summed E-state index contributed by atoms with van der Waals surface area (Å²) in [5.74, 6) is 0. The molecule has 1 saturated heterocycles. The Bertz CT molecular complexity index is 345. The van der Waals surface area contributed by atoms with Crippen LogP contribution >= 0.6 is 24.8 Å². The van der Waals surface area contributed by atoms with Crippen molar-refractivity contribution in [2.45, 2.75) is 37.8 Å². The van der Waals surface area contributed by atoms with E-state index in [4.69, 9.17) is 5.73 Å². The summed E-state index contributed by atoms with van der Waals surface area (Å²) >= 11 is 0. The zero-order valence-corrected chi connectivity index (χ0v) is 13.4. The van der Waals surface area contributed by atoms with E-state index >= 15 is 0 Å². The maximum atomic E-state index is 10.2. The van der Waals surface area contributed by atoms with Crippen LogP contribution in [0, 0.1) is 0 Å². The Morgan fingerprint density at radius 3 is 2.25 bits per heavy atom. The van der Waals surface area contributed by atoms with Gasteiger partial charge in [-0.25, -0.2) is 0 Å². The standard InChI is InChI=1S/C15H24N2O.2ClH/c16-14(11-13-7-3-1-4-8-13)15(18)12-17-9-5-2-6-10-17;;/h1,3-4,7-8,14-15,18H,2,5-6,9-12,16H2;2*1H/t14-,15+;;/m1../s1. The van der Waals surface area contributed by atoms with Crippen molar-refractivity contribution in [3.8, 4) is 0 Å². The zero-order chi connectivity index (χ0) is 12.8. The molecule has 0 unspecified atom stereocenters. The Balaban J connectivity index is 0.00000180. The van der Waals surface area contributed by atoms with Gasteiger partial charge in [-0.15, -0.1) is 24.8 Å². The predicted molar refractivity (Wildman–Crippen MR) is 88.9 cm³/mol. The molecule has 2 rings (SSSR count). The molecule has 116 valence electrons. The fourth-order valence-electron chi connectivity index (χ4n) is 2.56. The second kappa shape index (κ2) is 10.4. The van der Waals surface area contributed by atoms with E-state index in [1.807, 2.05) is 18.2 Å². The van der Waals surface area contributed by atoms with Gasteiger partial charge in [0, 0.05) is 12.6 Å². The molecule has 3 N–H and O–H groups in total. The molecule has 0 saturated carbocycles. The number of likely N-dealkylation sites (tertiary alicyclic amines) is 1. The smallest absolute Gasteiger partial charge is 0.0820 e. The van der Waals surface area contributed by atoms with Crippen molar-refractivity contribution < 1.29 is 5.11 Å². The number of piperidine rings is 1. The van der Waals surface area contributed by atoms with Crippen molar-refractivity contribution >= 4 is 24.8 Å². The zero-order valence-electron chi connectivity index (χ0n) is 11.8. The lowest BCUT2D eigenvalue weighted by Gasteiger charge is -2.30. The van der Waals surface area contributed by atoms with Gasteiger partial charge in [-0.05, 0) is 37.9 Å². The molecule has 1 aromatic rings.